The molecule has 0 aromatic carbocycles. The largest absolute Gasteiger partial charge is 0.393 e. The van der Waals surface area contributed by atoms with Gasteiger partial charge in [-0.25, -0.2) is 4.72 Å². The third kappa shape index (κ3) is 5.46. The van der Waals surface area contributed by atoms with Crippen LogP contribution in [0.25, 0.3) is 0 Å². The molecule has 0 spiro atoms. The molecule has 0 amide bonds. The van der Waals surface area contributed by atoms with Crippen LogP contribution in [0, 0.1) is 0 Å². The molecule has 92 valence electrons. The maximum atomic E-state index is 11.6. The fraction of sp³-hybridized carbons (Fsp3) is 1.00. The van der Waals surface area contributed by atoms with Gasteiger partial charge in [-0.15, -0.1) is 0 Å². The van der Waals surface area contributed by atoms with Gasteiger partial charge < -0.3 is 5.11 Å². The maximum absolute atomic E-state index is 11.6. The summed E-state index contributed by atoms with van der Waals surface area (Å²) in [5, 5.41) is 9.26. The highest BCUT2D eigenvalue weighted by atomic mass is 32.2. The minimum absolute atomic E-state index is 0.286. The van der Waals surface area contributed by atoms with Crippen molar-refractivity contribution in [2.24, 2.45) is 0 Å². The highest BCUT2D eigenvalue weighted by Crippen LogP contribution is 1.99. The van der Waals surface area contributed by atoms with E-state index in [0.29, 0.717) is 25.9 Å². The Morgan fingerprint density at radius 2 is 1.80 bits per heavy atom. The van der Waals surface area contributed by atoms with E-state index in [-0.39, 0.29) is 6.54 Å². The second-order valence-electron chi connectivity index (χ2n) is 3.33. The van der Waals surface area contributed by atoms with Gasteiger partial charge in [0.15, 0.2) is 0 Å². The van der Waals surface area contributed by atoms with Crippen LogP contribution in [0.3, 0.4) is 0 Å². The lowest BCUT2D eigenvalue weighted by molar-refractivity contribution is 0.161. The molecule has 0 saturated carbocycles. The standard InChI is InChI=1S/C9H22N2O3S/c1-4-9(12)7-8-10-15(13,14)11(5-2)6-3/h9-10,12H,4-8H2,1-3H3. The van der Waals surface area contributed by atoms with Gasteiger partial charge in [0.05, 0.1) is 6.10 Å². The van der Waals surface area contributed by atoms with Crippen LogP contribution in [0.1, 0.15) is 33.6 Å². The van der Waals surface area contributed by atoms with Crippen molar-refractivity contribution in [1.82, 2.24) is 9.03 Å². The third-order valence-electron chi connectivity index (χ3n) is 2.28. The van der Waals surface area contributed by atoms with E-state index >= 15 is 0 Å². The first-order chi connectivity index (χ1) is 6.97. The summed E-state index contributed by atoms with van der Waals surface area (Å²) >= 11 is 0. The lowest BCUT2D eigenvalue weighted by Gasteiger charge is -2.19. The number of hydrogen-bond acceptors (Lipinski definition) is 3. The zero-order chi connectivity index (χ0) is 11.9. The Morgan fingerprint density at radius 1 is 1.27 bits per heavy atom. The molecule has 6 heteroatoms. The van der Waals surface area contributed by atoms with E-state index in [1.54, 1.807) is 13.8 Å². The van der Waals surface area contributed by atoms with Gasteiger partial charge >= 0.3 is 0 Å². The normalized spacial score (nSPS) is 14.5. The van der Waals surface area contributed by atoms with Crippen molar-refractivity contribution in [1.29, 1.82) is 0 Å². The highest BCUT2D eigenvalue weighted by molar-refractivity contribution is 7.87. The van der Waals surface area contributed by atoms with Crippen molar-refractivity contribution in [3.63, 3.8) is 0 Å². The smallest absolute Gasteiger partial charge is 0.279 e. The fourth-order valence-corrected chi connectivity index (χ4v) is 2.45. The summed E-state index contributed by atoms with van der Waals surface area (Å²) in [4.78, 5) is 0. The Morgan fingerprint density at radius 3 is 2.20 bits per heavy atom. The minimum Gasteiger partial charge on any atom is -0.393 e. The maximum Gasteiger partial charge on any atom is 0.279 e. The van der Waals surface area contributed by atoms with Gasteiger partial charge in [0.25, 0.3) is 10.2 Å². The summed E-state index contributed by atoms with van der Waals surface area (Å²) in [5.41, 5.74) is 0. The Kier molecular flexibility index (Phi) is 7.08. The van der Waals surface area contributed by atoms with E-state index in [4.69, 9.17) is 0 Å². The van der Waals surface area contributed by atoms with Crippen molar-refractivity contribution >= 4 is 10.2 Å². The first-order valence-corrected chi connectivity index (χ1v) is 6.84. The Hall–Kier alpha value is -0.170. The first kappa shape index (κ1) is 14.8. The molecule has 0 aliphatic heterocycles. The zero-order valence-electron chi connectivity index (χ0n) is 9.73. The van der Waals surface area contributed by atoms with Crippen LogP contribution in [0.4, 0.5) is 0 Å². The van der Waals surface area contributed by atoms with Crippen LogP contribution in [-0.4, -0.2) is 43.6 Å². The molecule has 0 aromatic rings. The van der Waals surface area contributed by atoms with Crippen molar-refractivity contribution < 1.29 is 13.5 Å². The molecule has 0 aliphatic carbocycles. The zero-order valence-corrected chi connectivity index (χ0v) is 10.5. The van der Waals surface area contributed by atoms with Crippen LogP contribution in [-0.2, 0) is 10.2 Å². The second kappa shape index (κ2) is 7.16. The summed E-state index contributed by atoms with van der Waals surface area (Å²) in [6, 6.07) is 0. The lowest BCUT2D eigenvalue weighted by atomic mass is 10.2. The van der Waals surface area contributed by atoms with E-state index in [2.05, 4.69) is 4.72 Å². The van der Waals surface area contributed by atoms with Gasteiger partial charge in [0.2, 0.25) is 0 Å². The summed E-state index contributed by atoms with van der Waals surface area (Å²) < 4.78 is 27.0. The number of nitrogens with one attached hydrogen (secondary N) is 1. The number of aliphatic hydroxyl groups excluding tert-OH is 1. The number of hydrogen-bond donors (Lipinski definition) is 2. The average Bonchev–Trinajstić information content (AvgIpc) is 2.18. The molecule has 0 radical (unpaired) electrons. The van der Waals surface area contributed by atoms with Crippen molar-refractivity contribution in [2.75, 3.05) is 19.6 Å². The molecule has 15 heavy (non-hydrogen) atoms. The molecule has 2 N–H and O–H groups in total. The average molecular weight is 238 g/mol. The highest BCUT2D eigenvalue weighted by Gasteiger charge is 2.17. The summed E-state index contributed by atoms with van der Waals surface area (Å²) in [7, 11) is -3.35. The molecule has 1 unspecified atom stereocenters. The molecule has 0 aliphatic rings. The van der Waals surface area contributed by atoms with Gasteiger partial charge in [-0.2, -0.15) is 12.7 Å². The molecule has 0 fully saturated rings. The number of nitrogens with zero attached hydrogens (tertiary/aromatic N) is 1. The van der Waals surface area contributed by atoms with Crippen molar-refractivity contribution in [2.45, 2.75) is 39.7 Å². The van der Waals surface area contributed by atoms with Gasteiger partial charge in [0.1, 0.15) is 0 Å². The van der Waals surface area contributed by atoms with Crippen molar-refractivity contribution in [3.8, 4) is 0 Å². The number of rotatable bonds is 8. The quantitative estimate of drug-likeness (QED) is 0.640. The SMILES string of the molecule is CCC(O)CCNS(=O)(=O)N(CC)CC. The number of aliphatic hydroxyl groups is 1. The molecular weight excluding hydrogens is 216 g/mol. The molecular formula is C9H22N2O3S. The Balaban J connectivity index is 4.04. The van der Waals surface area contributed by atoms with E-state index in [1.807, 2.05) is 6.92 Å². The molecule has 0 rings (SSSR count). The molecule has 0 aromatic heterocycles. The topological polar surface area (TPSA) is 69.6 Å². The van der Waals surface area contributed by atoms with Gasteiger partial charge in [-0.1, -0.05) is 20.8 Å². The Bertz CT molecular complexity index is 250. The van der Waals surface area contributed by atoms with E-state index in [0.717, 1.165) is 0 Å². The van der Waals surface area contributed by atoms with E-state index < -0.39 is 16.3 Å². The second-order valence-corrected chi connectivity index (χ2v) is 5.09. The predicted molar refractivity (Wildman–Crippen MR) is 60.8 cm³/mol. The fourth-order valence-electron chi connectivity index (χ4n) is 1.21. The third-order valence-corrected chi connectivity index (χ3v) is 4.04. The lowest BCUT2D eigenvalue weighted by Crippen LogP contribution is -2.41. The van der Waals surface area contributed by atoms with Crippen LogP contribution in [0.15, 0.2) is 0 Å². The Labute approximate surface area is 92.7 Å². The van der Waals surface area contributed by atoms with Crippen LogP contribution < -0.4 is 4.72 Å². The van der Waals surface area contributed by atoms with Crippen LogP contribution in [0.5, 0.6) is 0 Å². The molecule has 0 saturated heterocycles. The van der Waals surface area contributed by atoms with E-state index in [9.17, 15) is 13.5 Å². The summed E-state index contributed by atoms with van der Waals surface area (Å²) in [6.07, 6.45) is 0.675. The molecule has 1 atom stereocenters. The minimum atomic E-state index is -3.35. The molecule has 5 nitrogen and oxygen atoms in total. The summed E-state index contributed by atoms with van der Waals surface area (Å²) in [6.45, 7) is 6.66. The van der Waals surface area contributed by atoms with Gasteiger partial charge in [-0.05, 0) is 12.8 Å². The summed E-state index contributed by atoms with van der Waals surface area (Å²) in [5.74, 6) is 0. The molecule has 0 heterocycles. The monoisotopic (exact) mass is 238 g/mol. The molecule has 0 bridgehead atoms. The van der Waals surface area contributed by atoms with Crippen LogP contribution in [0.2, 0.25) is 0 Å². The van der Waals surface area contributed by atoms with Crippen molar-refractivity contribution in [3.05, 3.63) is 0 Å². The van der Waals surface area contributed by atoms with Gasteiger partial charge in [-0.3, -0.25) is 0 Å². The predicted octanol–water partition coefficient (Wildman–Crippen LogP) is 0.324. The van der Waals surface area contributed by atoms with Gasteiger partial charge in [0, 0.05) is 19.6 Å². The van der Waals surface area contributed by atoms with E-state index in [1.165, 1.54) is 4.31 Å². The van der Waals surface area contributed by atoms with Crippen LogP contribution >= 0.6 is 0 Å². The first-order valence-electron chi connectivity index (χ1n) is 5.40.